The van der Waals surface area contributed by atoms with Crippen molar-refractivity contribution in [1.29, 1.82) is 0 Å². The number of carbonyl (C=O) groups is 2. The molecule has 2 rings (SSSR count). The maximum atomic E-state index is 12.2. The fourth-order valence-electron chi connectivity index (χ4n) is 2.37. The lowest BCUT2D eigenvalue weighted by Crippen LogP contribution is -2.33. The number of nitrogens with zero attached hydrogens (tertiary/aromatic N) is 1. The van der Waals surface area contributed by atoms with Crippen LogP contribution in [0, 0.1) is 5.92 Å². The Kier molecular flexibility index (Phi) is 5.64. The normalized spacial score (nSPS) is 17.8. The Labute approximate surface area is 140 Å². The Hall–Kier alpha value is -1.08. The third kappa shape index (κ3) is 4.71. The quantitative estimate of drug-likeness (QED) is 0.776. The van der Waals surface area contributed by atoms with Gasteiger partial charge in [0.15, 0.2) is 0 Å². The molecule has 1 saturated heterocycles. The van der Waals surface area contributed by atoms with E-state index in [4.69, 9.17) is 5.11 Å². The maximum Gasteiger partial charge on any atom is 0.321 e. The highest BCUT2D eigenvalue weighted by Crippen LogP contribution is 2.27. The van der Waals surface area contributed by atoms with Crippen LogP contribution in [0.2, 0.25) is 0 Å². The average Bonchev–Trinajstić information content (AvgIpc) is 2.89. The highest BCUT2D eigenvalue weighted by molar-refractivity contribution is 9.11. The van der Waals surface area contributed by atoms with Crippen molar-refractivity contribution < 1.29 is 14.7 Å². The van der Waals surface area contributed by atoms with E-state index in [1.54, 1.807) is 4.90 Å². The number of hydrogen-bond donors (Lipinski definition) is 2. The van der Waals surface area contributed by atoms with Crippen LogP contribution in [0.1, 0.15) is 19.3 Å². The van der Waals surface area contributed by atoms with E-state index in [9.17, 15) is 9.59 Å². The van der Waals surface area contributed by atoms with E-state index < -0.39 is 5.97 Å². The number of amides is 2. The Bertz CT molecular complexity index is 551. The van der Waals surface area contributed by atoms with E-state index >= 15 is 0 Å². The SMILES string of the molecule is O=C(O)CCC1CCN(C(=O)Nc2cc(Br)ccc2Br)C1. The van der Waals surface area contributed by atoms with Gasteiger partial charge < -0.3 is 15.3 Å². The first-order valence-electron chi connectivity index (χ1n) is 6.68. The second-order valence-corrected chi connectivity index (χ2v) is 6.86. The first-order chi connectivity index (χ1) is 9.95. The molecule has 1 aromatic rings. The summed E-state index contributed by atoms with van der Waals surface area (Å²) in [5, 5.41) is 11.6. The third-order valence-electron chi connectivity index (χ3n) is 3.51. The number of aliphatic carboxylic acids is 1. The summed E-state index contributed by atoms with van der Waals surface area (Å²) in [5.41, 5.74) is 0.711. The van der Waals surface area contributed by atoms with Crippen LogP contribution in [-0.2, 0) is 4.79 Å². The first kappa shape index (κ1) is 16.3. The molecule has 0 spiro atoms. The molecule has 7 heteroatoms. The van der Waals surface area contributed by atoms with E-state index in [2.05, 4.69) is 37.2 Å². The van der Waals surface area contributed by atoms with Gasteiger partial charge in [0.25, 0.3) is 0 Å². The minimum absolute atomic E-state index is 0.147. The molecular formula is C14H16Br2N2O3. The fourth-order valence-corrected chi connectivity index (χ4v) is 3.07. The number of nitrogens with one attached hydrogen (secondary N) is 1. The van der Waals surface area contributed by atoms with Gasteiger partial charge in [-0.1, -0.05) is 15.9 Å². The zero-order valence-corrected chi connectivity index (χ0v) is 14.5. The van der Waals surface area contributed by atoms with Crippen molar-refractivity contribution in [2.45, 2.75) is 19.3 Å². The predicted octanol–water partition coefficient (Wildman–Crippen LogP) is 3.93. The van der Waals surface area contributed by atoms with Crippen molar-refractivity contribution in [3.63, 3.8) is 0 Å². The molecule has 114 valence electrons. The molecule has 1 unspecified atom stereocenters. The molecule has 0 radical (unpaired) electrons. The van der Waals surface area contributed by atoms with Crippen LogP contribution in [0.25, 0.3) is 0 Å². The van der Waals surface area contributed by atoms with E-state index in [1.807, 2.05) is 18.2 Å². The Morgan fingerprint density at radius 3 is 2.86 bits per heavy atom. The van der Waals surface area contributed by atoms with Gasteiger partial charge >= 0.3 is 12.0 Å². The Morgan fingerprint density at radius 2 is 2.14 bits per heavy atom. The molecule has 5 nitrogen and oxygen atoms in total. The number of halogens is 2. The number of carboxylic acids is 1. The number of rotatable bonds is 4. The molecule has 2 amide bonds. The van der Waals surface area contributed by atoms with E-state index in [1.165, 1.54) is 0 Å². The second kappa shape index (κ2) is 7.26. The monoisotopic (exact) mass is 418 g/mol. The molecule has 1 fully saturated rings. The number of carboxylic acid groups (broad SMARTS) is 1. The van der Waals surface area contributed by atoms with Gasteiger partial charge in [-0.15, -0.1) is 0 Å². The Balaban J connectivity index is 1.90. The van der Waals surface area contributed by atoms with Crippen molar-refractivity contribution in [1.82, 2.24) is 4.90 Å². The molecule has 1 heterocycles. The maximum absolute atomic E-state index is 12.2. The van der Waals surface area contributed by atoms with Crippen LogP contribution in [0.4, 0.5) is 10.5 Å². The largest absolute Gasteiger partial charge is 0.481 e. The zero-order chi connectivity index (χ0) is 15.4. The lowest BCUT2D eigenvalue weighted by Gasteiger charge is -2.18. The van der Waals surface area contributed by atoms with Crippen LogP contribution < -0.4 is 5.32 Å². The lowest BCUT2D eigenvalue weighted by atomic mass is 10.0. The van der Waals surface area contributed by atoms with Crippen molar-refractivity contribution in [3.8, 4) is 0 Å². The van der Waals surface area contributed by atoms with Gasteiger partial charge in [0.05, 0.1) is 5.69 Å². The van der Waals surface area contributed by atoms with Gasteiger partial charge in [-0.3, -0.25) is 4.79 Å². The van der Waals surface area contributed by atoms with E-state index in [0.29, 0.717) is 25.2 Å². The van der Waals surface area contributed by atoms with E-state index in [0.717, 1.165) is 15.4 Å². The van der Waals surface area contributed by atoms with Crippen LogP contribution in [0.5, 0.6) is 0 Å². The topological polar surface area (TPSA) is 69.6 Å². The minimum Gasteiger partial charge on any atom is -0.481 e. The molecule has 0 aromatic heterocycles. The smallest absolute Gasteiger partial charge is 0.321 e. The minimum atomic E-state index is -0.782. The number of hydrogen-bond acceptors (Lipinski definition) is 2. The van der Waals surface area contributed by atoms with Crippen LogP contribution in [-0.4, -0.2) is 35.1 Å². The van der Waals surface area contributed by atoms with Crippen molar-refractivity contribution in [2.75, 3.05) is 18.4 Å². The summed E-state index contributed by atoms with van der Waals surface area (Å²) in [6.45, 7) is 1.28. The third-order valence-corrected chi connectivity index (χ3v) is 4.69. The fraction of sp³-hybridized carbons (Fsp3) is 0.429. The number of urea groups is 1. The standard InChI is InChI=1S/C14H16Br2N2O3/c15-10-2-3-11(16)12(7-10)17-14(21)18-6-5-9(8-18)1-4-13(19)20/h2-3,7,9H,1,4-6,8H2,(H,17,21)(H,19,20). The molecule has 0 saturated carbocycles. The van der Waals surface area contributed by atoms with Gasteiger partial charge in [0, 0.05) is 28.5 Å². The van der Waals surface area contributed by atoms with Crippen LogP contribution >= 0.6 is 31.9 Å². The van der Waals surface area contributed by atoms with Gasteiger partial charge in [-0.25, -0.2) is 4.79 Å². The van der Waals surface area contributed by atoms with E-state index in [-0.39, 0.29) is 18.4 Å². The molecule has 1 aliphatic rings. The number of carbonyl (C=O) groups excluding carboxylic acids is 1. The molecule has 1 atom stereocenters. The summed E-state index contributed by atoms with van der Waals surface area (Å²) in [5.74, 6) is -0.506. The summed E-state index contributed by atoms with van der Waals surface area (Å²) in [6, 6.07) is 5.43. The van der Waals surface area contributed by atoms with Gasteiger partial charge in [-0.2, -0.15) is 0 Å². The van der Waals surface area contributed by atoms with Crippen molar-refractivity contribution in [2.24, 2.45) is 5.92 Å². The van der Waals surface area contributed by atoms with Gasteiger partial charge in [0.2, 0.25) is 0 Å². The molecule has 2 N–H and O–H groups in total. The summed E-state index contributed by atoms with van der Waals surface area (Å²) in [7, 11) is 0. The molecule has 1 aliphatic heterocycles. The van der Waals surface area contributed by atoms with Gasteiger partial charge in [-0.05, 0) is 52.9 Å². The Morgan fingerprint density at radius 1 is 1.38 bits per heavy atom. The molecule has 1 aromatic carbocycles. The highest BCUT2D eigenvalue weighted by atomic mass is 79.9. The first-order valence-corrected chi connectivity index (χ1v) is 8.27. The molecule has 0 aliphatic carbocycles. The summed E-state index contributed by atoms with van der Waals surface area (Å²) < 4.78 is 1.71. The van der Waals surface area contributed by atoms with Crippen molar-refractivity contribution in [3.05, 3.63) is 27.1 Å². The number of anilines is 1. The van der Waals surface area contributed by atoms with Crippen LogP contribution in [0.3, 0.4) is 0 Å². The lowest BCUT2D eigenvalue weighted by molar-refractivity contribution is -0.137. The van der Waals surface area contributed by atoms with Gasteiger partial charge in [0.1, 0.15) is 0 Å². The van der Waals surface area contributed by atoms with Crippen LogP contribution in [0.15, 0.2) is 27.1 Å². The number of likely N-dealkylation sites (tertiary alicyclic amines) is 1. The molecule has 21 heavy (non-hydrogen) atoms. The zero-order valence-electron chi connectivity index (χ0n) is 11.3. The summed E-state index contributed by atoms with van der Waals surface area (Å²) >= 11 is 6.77. The summed E-state index contributed by atoms with van der Waals surface area (Å²) in [6.07, 6.45) is 1.65. The average molecular weight is 420 g/mol. The summed E-state index contributed by atoms with van der Waals surface area (Å²) in [4.78, 5) is 24.5. The molecular weight excluding hydrogens is 404 g/mol. The van der Waals surface area contributed by atoms with Crippen molar-refractivity contribution >= 4 is 49.5 Å². The second-order valence-electron chi connectivity index (χ2n) is 5.09. The number of benzene rings is 1. The predicted molar refractivity (Wildman–Crippen MR) is 87.4 cm³/mol. The molecule has 0 bridgehead atoms. The highest BCUT2D eigenvalue weighted by Gasteiger charge is 2.26.